The van der Waals surface area contributed by atoms with Crippen LogP contribution in [0, 0.1) is 11.8 Å². The molecule has 1 amide bonds. The minimum atomic E-state index is 0.0894. The standard InChI is InChI=1S/C21H30N2O2/c24-21(22-12-8-18(9-13-22)19-10-14-25-16-19)20-7-4-11-23(20)15-17-5-2-1-3-6-17/h1-3,5-6,18-20H,4,7-16H2. The summed E-state index contributed by atoms with van der Waals surface area (Å²) in [6.07, 6.45) is 5.68. The zero-order chi connectivity index (χ0) is 17.1. The Morgan fingerprint density at radius 2 is 1.80 bits per heavy atom. The van der Waals surface area contributed by atoms with Crippen LogP contribution in [0.2, 0.25) is 0 Å². The highest BCUT2D eigenvalue weighted by atomic mass is 16.5. The van der Waals surface area contributed by atoms with Crippen molar-refractivity contribution in [2.24, 2.45) is 11.8 Å². The predicted molar refractivity (Wildman–Crippen MR) is 98.1 cm³/mol. The largest absolute Gasteiger partial charge is 0.381 e. The van der Waals surface area contributed by atoms with Gasteiger partial charge in [-0.15, -0.1) is 0 Å². The highest BCUT2D eigenvalue weighted by Gasteiger charge is 2.36. The summed E-state index contributed by atoms with van der Waals surface area (Å²) in [7, 11) is 0. The van der Waals surface area contributed by atoms with Gasteiger partial charge in [-0.1, -0.05) is 30.3 Å². The van der Waals surface area contributed by atoms with Crippen LogP contribution < -0.4 is 0 Å². The molecule has 0 saturated carbocycles. The van der Waals surface area contributed by atoms with Crippen LogP contribution in [0.25, 0.3) is 0 Å². The van der Waals surface area contributed by atoms with Crippen LogP contribution in [0.1, 0.15) is 37.7 Å². The monoisotopic (exact) mass is 342 g/mol. The number of piperidine rings is 1. The van der Waals surface area contributed by atoms with Crippen molar-refractivity contribution >= 4 is 5.91 Å². The SMILES string of the molecule is O=C(C1CCCN1Cc1ccccc1)N1CCC(C2CCOC2)CC1. The molecule has 0 radical (unpaired) electrons. The Kier molecular flexibility index (Phi) is 5.37. The van der Waals surface area contributed by atoms with E-state index in [0.717, 1.165) is 76.9 Å². The van der Waals surface area contributed by atoms with Gasteiger partial charge in [0.2, 0.25) is 5.91 Å². The molecule has 1 aromatic carbocycles. The molecule has 0 spiro atoms. The van der Waals surface area contributed by atoms with Crippen molar-refractivity contribution < 1.29 is 9.53 Å². The van der Waals surface area contributed by atoms with Crippen molar-refractivity contribution in [1.82, 2.24) is 9.80 Å². The average molecular weight is 342 g/mol. The molecule has 3 aliphatic rings. The van der Waals surface area contributed by atoms with E-state index in [9.17, 15) is 4.79 Å². The molecule has 25 heavy (non-hydrogen) atoms. The van der Waals surface area contributed by atoms with E-state index in [-0.39, 0.29) is 6.04 Å². The summed E-state index contributed by atoms with van der Waals surface area (Å²) in [4.78, 5) is 17.6. The van der Waals surface area contributed by atoms with Gasteiger partial charge in [-0.05, 0) is 56.0 Å². The normalized spacial score (nSPS) is 28.6. The van der Waals surface area contributed by atoms with E-state index >= 15 is 0 Å². The van der Waals surface area contributed by atoms with Crippen molar-refractivity contribution in [2.45, 2.75) is 44.7 Å². The van der Waals surface area contributed by atoms with Gasteiger partial charge in [0, 0.05) is 32.8 Å². The van der Waals surface area contributed by atoms with Crippen molar-refractivity contribution in [3.63, 3.8) is 0 Å². The molecule has 2 atom stereocenters. The van der Waals surface area contributed by atoms with Crippen molar-refractivity contribution in [1.29, 1.82) is 0 Å². The summed E-state index contributed by atoms with van der Waals surface area (Å²) in [6.45, 7) is 5.69. The number of amides is 1. The Hall–Kier alpha value is -1.39. The van der Waals surface area contributed by atoms with Crippen LogP contribution in [0.3, 0.4) is 0 Å². The Balaban J connectivity index is 1.32. The van der Waals surface area contributed by atoms with Crippen molar-refractivity contribution in [3.05, 3.63) is 35.9 Å². The maximum atomic E-state index is 13.1. The smallest absolute Gasteiger partial charge is 0.239 e. The molecule has 2 unspecified atom stereocenters. The summed E-state index contributed by atoms with van der Waals surface area (Å²) in [5.74, 6) is 1.86. The lowest BCUT2D eigenvalue weighted by Crippen LogP contribution is -2.48. The van der Waals surface area contributed by atoms with Crippen LogP contribution in [-0.4, -0.2) is 54.6 Å². The minimum absolute atomic E-state index is 0.0894. The third-order valence-corrected chi connectivity index (χ3v) is 6.36. The lowest BCUT2D eigenvalue weighted by atomic mass is 9.84. The molecular formula is C21H30N2O2. The summed E-state index contributed by atoms with van der Waals surface area (Å²) in [5, 5.41) is 0. The lowest BCUT2D eigenvalue weighted by Gasteiger charge is -2.37. The van der Waals surface area contributed by atoms with E-state index in [1.54, 1.807) is 0 Å². The van der Waals surface area contributed by atoms with Gasteiger partial charge >= 0.3 is 0 Å². The van der Waals surface area contributed by atoms with Gasteiger partial charge in [0.1, 0.15) is 0 Å². The fourth-order valence-corrected chi connectivity index (χ4v) is 4.84. The van der Waals surface area contributed by atoms with Gasteiger partial charge < -0.3 is 9.64 Å². The number of carbonyl (C=O) groups excluding carboxylic acids is 1. The number of nitrogens with zero attached hydrogens (tertiary/aromatic N) is 2. The van der Waals surface area contributed by atoms with Crippen LogP contribution in [0.15, 0.2) is 30.3 Å². The number of benzene rings is 1. The van der Waals surface area contributed by atoms with Crippen LogP contribution in [0.5, 0.6) is 0 Å². The Labute approximate surface area is 151 Å². The minimum Gasteiger partial charge on any atom is -0.381 e. The van der Waals surface area contributed by atoms with Gasteiger partial charge in [0.15, 0.2) is 0 Å². The number of hydrogen-bond acceptors (Lipinski definition) is 3. The first-order valence-electron chi connectivity index (χ1n) is 9.96. The molecule has 0 aromatic heterocycles. The number of hydrogen-bond donors (Lipinski definition) is 0. The van der Waals surface area contributed by atoms with Gasteiger partial charge in [0.25, 0.3) is 0 Å². The highest BCUT2D eigenvalue weighted by molar-refractivity contribution is 5.82. The number of rotatable bonds is 4. The zero-order valence-corrected chi connectivity index (χ0v) is 15.1. The van der Waals surface area contributed by atoms with Gasteiger partial charge in [-0.2, -0.15) is 0 Å². The average Bonchev–Trinajstić information content (AvgIpc) is 3.34. The molecule has 3 heterocycles. The van der Waals surface area contributed by atoms with E-state index in [2.05, 4.69) is 40.1 Å². The first-order valence-corrected chi connectivity index (χ1v) is 9.96. The summed E-state index contributed by atoms with van der Waals surface area (Å²) >= 11 is 0. The summed E-state index contributed by atoms with van der Waals surface area (Å²) in [6, 6.07) is 10.6. The third kappa shape index (κ3) is 3.90. The molecule has 3 saturated heterocycles. The van der Waals surface area contributed by atoms with E-state index < -0.39 is 0 Å². The molecule has 3 aliphatic heterocycles. The topological polar surface area (TPSA) is 32.8 Å². The van der Waals surface area contributed by atoms with Gasteiger partial charge in [-0.25, -0.2) is 0 Å². The van der Waals surface area contributed by atoms with Crippen LogP contribution >= 0.6 is 0 Å². The number of carbonyl (C=O) groups is 1. The molecular weight excluding hydrogens is 312 g/mol. The maximum absolute atomic E-state index is 13.1. The predicted octanol–water partition coefficient (Wildman–Crippen LogP) is 2.93. The molecule has 4 heteroatoms. The highest BCUT2D eigenvalue weighted by Crippen LogP contribution is 2.31. The lowest BCUT2D eigenvalue weighted by molar-refractivity contribution is -0.137. The van der Waals surface area contributed by atoms with E-state index in [4.69, 9.17) is 4.74 Å². The third-order valence-electron chi connectivity index (χ3n) is 6.36. The van der Waals surface area contributed by atoms with Crippen molar-refractivity contribution in [3.8, 4) is 0 Å². The van der Waals surface area contributed by atoms with E-state index in [1.165, 1.54) is 12.0 Å². The van der Waals surface area contributed by atoms with Crippen molar-refractivity contribution in [2.75, 3.05) is 32.8 Å². The Bertz CT molecular complexity index is 563. The molecule has 0 aliphatic carbocycles. The molecule has 1 aromatic rings. The molecule has 4 rings (SSSR count). The molecule has 136 valence electrons. The number of ether oxygens (including phenoxy) is 1. The zero-order valence-electron chi connectivity index (χ0n) is 15.1. The first-order chi connectivity index (χ1) is 12.3. The molecule has 0 bridgehead atoms. The maximum Gasteiger partial charge on any atom is 0.239 e. The fraction of sp³-hybridized carbons (Fsp3) is 0.667. The summed E-state index contributed by atoms with van der Waals surface area (Å²) in [5.41, 5.74) is 1.31. The van der Waals surface area contributed by atoms with Crippen LogP contribution in [0.4, 0.5) is 0 Å². The Morgan fingerprint density at radius 1 is 1.00 bits per heavy atom. The second kappa shape index (κ2) is 7.88. The Morgan fingerprint density at radius 3 is 2.52 bits per heavy atom. The quantitative estimate of drug-likeness (QED) is 0.843. The van der Waals surface area contributed by atoms with E-state index in [1.807, 2.05) is 0 Å². The molecule has 4 nitrogen and oxygen atoms in total. The molecule has 3 fully saturated rings. The fourth-order valence-electron chi connectivity index (χ4n) is 4.84. The summed E-state index contributed by atoms with van der Waals surface area (Å²) < 4.78 is 5.55. The first kappa shape index (κ1) is 17.0. The second-order valence-electron chi connectivity index (χ2n) is 7.90. The number of likely N-dealkylation sites (tertiary alicyclic amines) is 2. The van der Waals surface area contributed by atoms with Gasteiger partial charge in [-0.3, -0.25) is 9.69 Å². The second-order valence-corrected chi connectivity index (χ2v) is 7.90. The van der Waals surface area contributed by atoms with Crippen LogP contribution in [-0.2, 0) is 16.1 Å². The van der Waals surface area contributed by atoms with E-state index in [0.29, 0.717) is 5.91 Å². The van der Waals surface area contributed by atoms with Gasteiger partial charge in [0.05, 0.1) is 6.04 Å². The molecule has 0 N–H and O–H groups in total.